The Morgan fingerprint density at radius 1 is 1.06 bits per heavy atom. The molecule has 0 atom stereocenters. The van der Waals surface area contributed by atoms with Crippen LogP contribution in [-0.4, -0.2) is 47.0 Å². The number of hydrogen-bond donors (Lipinski definition) is 1. The van der Waals surface area contributed by atoms with Crippen LogP contribution in [0.2, 0.25) is 0 Å². The van der Waals surface area contributed by atoms with Crippen LogP contribution >= 0.6 is 0 Å². The van der Waals surface area contributed by atoms with Gasteiger partial charge in [0.05, 0.1) is 11.1 Å². The zero-order chi connectivity index (χ0) is 23.8. The molecule has 1 aliphatic heterocycles. The first kappa shape index (κ1) is 22.8. The van der Waals surface area contributed by atoms with Gasteiger partial charge in [-0.15, -0.1) is 0 Å². The number of benzene rings is 2. The zero-order valence-electron chi connectivity index (χ0n) is 18.0. The van der Waals surface area contributed by atoms with Crippen LogP contribution < -0.4 is 5.63 Å². The van der Waals surface area contributed by atoms with E-state index in [2.05, 4.69) is 0 Å². The lowest BCUT2D eigenvalue weighted by Gasteiger charge is -2.35. The van der Waals surface area contributed by atoms with Crippen molar-refractivity contribution >= 4 is 16.9 Å². The molecule has 2 aromatic carbocycles. The molecule has 1 N–H and O–H groups in total. The molecule has 1 aromatic heterocycles. The summed E-state index contributed by atoms with van der Waals surface area (Å²) in [5.41, 5.74) is -0.0510. The highest BCUT2D eigenvalue weighted by molar-refractivity contribution is 5.96. The number of phenolic OH excluding ortho intramolecular Hbond substituents is 1. The van der Waals surface area contributed by atoms with E-state index in [4.69, 9.17) is 4.42 Å². The van der Waals surface area contributed by atoms with Gasteiger partial charge >= 0.3 is 11.8 Å². The summed E-state index contributed by atoms with van der Waals surface area (Å²) < 4.78 is 45.1. The van der Waals surface area contributed by atoms with Gasteiger partial charge < -0.3 is 14.4 Å². The molecule has 0 unspecified atom stereocenters. The van der Waals surface area contributed by atoms with E-state index in [0.29, 0.717) is 31.6 Å². The third-order valence-electron chi connectivity index (χ3n) is 5.93. The fourth-order valence-corrected chi connectivity index (χ4v) is 4.16. The summed E-state index contributed by atoms with van der Waals surface area (Å²) in [4.78, 5) is 28.3. The summed E-state index contributed by atoms with van der Waals surface area (Å²) in [6.07, 6.45) is -3.99. The van der Waals surface area contributed by atoms with E-state index in [0.717, 1.165) is 22.6 Å². The Bertz CT molecular complexity index is 1240. The number of carbonyl (C=O) groups excluding carboxylic acids is 1. The molecule has 0 spiro atoms. The number of phenols is 1. The molecule has 0 saturated carbocycles. The molecule has 6 nitrogen and oxygen atoms in total. The topological polar surface area (TPSA) is 74.0 Å². The number of alkyl halides is 3. The SMILES string of the molecule is CCc1cc2c(CN3CCN(C(=O)c4ccccc4C(F)(F)F)CC3)cc(=O)oc2cc1O. The smallest absolute Gasteiger partial charge is 0.417 e. The molecule has 2 heterocycles. The van der Waals surface area contributed by atoms with E-state index in [9.17, 15) is 27.9 Å². The van der Waals surface area contributed by atoms with Crippen molar-refractivity contribution < 1.29 is 27.5 Å². The van der Waals surface area contributed by atoms with Crippen molar-refractivity contribution in [1.82, 2.24) is 9.80 Å². The monoisotopic (exact) mass is 460 g/mol. The lowest BCUT2D eigenvalue weighted by Crippen LogP contribution is -2.48. The number of fused-ring (bicyclic) bond motifs is 1. The molecule has 4 rings (SSSR count). The quantitative estimate of drug-likeness (QED) is 0.595. The van der Waals surface area contributed by atoms with E-state index in [1.807, 2.05) is 11.8 Å². The van der Waals surface area contributed by atoms with Crippen LogP contribution in [0.25, 0.3) is 11.0 Å². The molecule has 0 aliphatic carbocycles. The number of nitrogens with zero attached hydrogens (tertiary/aromatic N) is 2. The average Bonchev–Trinajstić information content (AvgIpc) is 2.78. The summed E-state index contributed by atoms with van der Waals surface area (Å²) in [6.45, 7) is 3.75. The van der Waals surface area contributed by atoms with Gasteiger partial charge in [-0.25, -0.2) is 4.79 Å². The number of piperazine rings is 1. The van der Waals surface area contributed by atoms with Gasteiger partial charge in [0.2, 0.25) is 0 Å². The fourth-order valence-electron chi connectivity index (χ4n) is 4.16. The van der Waals surface area contributed by atoms with Crippen LogP contribution in [0.5, 0.6) is 5.75 Å². The second-order valence-electron chi connectivity index (χ2n) is 8.03. The fraction of sp³-hybridized carbons (Fsp3) is 0.333. The van der Waals surface area contributed by atoms with E-state index in [1.165, 1.54) is 35.2 Å². The lowest BCUT2D eigenvalue weighted by molar-refractivity contribution is -0.138. The maximum Gasteiger partial charge on any atom is 0.417 e. The second kappa shape index (κ2) is 8.90. The van der Waals surface area contributed by atoms with Gasteiger partial charge in [0.1, 0.15) is 11.3 Å². The molecular formula is C24H23F3N2O4. The Kier molecular flexibility index (Phi) is 6.16. The molecule has 33 heavy (non-hydrogen) atoms. The first-order chi connectivity index (χ1) is 15.7. The predicted molar refractivity (Wildman–Crippen MR) is 116 cm³/mol. The van der Waals surface area contributed by atoms with E-state index < -0.39 is 23.3 Å². The molecule has 9 heteroatoms. The first-order valence-corrected chi connectivity index (χ1v) is 10.6. The van der Waals surface area contributed by atoms with Crippen molar-refractivity contribution in [1.29, 1.82) is 0 Å². The molecule has 3 aromatic rings. The number of rotatable bonds is 4. The van der Waals surface area contributed by atoms with Gasteiger partial charge in [-0.1, -0.05) is 19.1 Å². The summed E-state index contributed by atoms with van der Waals surface area (Å²) in [7, 11) is 0. The van der Waals surface area contributed by atoms with Gasteiger partial charge in [0.25, 0.3) is 5.91 Å². The molecular weight excluding hydrogens is 437 g/mol. The van der Waals surface area contributed by atoms with Crippen molar-refractivity contribution in [2.45, 2.75) is 26.1 Å². The molecule has 0 bridgehead atoms. The highest BCUT2D eigenvalue weighted by Gasteiger charge is 2.36. The maximum atomic E-state index is 13.3. The van der Waals surface area contributed by atoms with Crippen molar-refractivity contribution in [3.63, 3.8) is 0 Å². The number of carbonyl (C=O) groups is 1. The molecule has 174 valence electrons. The van der Waals surface area contributed by atoms with Gasteiger partial charge in [-0.05, 0) is 35.7 Å². The van der Waals surface area contributed by atoms with Gasteiger partial charge in [0, 0.05) is 50.2 Å². The first-order valence-electron chi connectivity index (χ1n) is 10.6. The summed E-state index contributed by atoms with van der Waals surface area (Å²) in [5, 5.41) is 10.8. The van der Waals surface area contributed by atoms with E-state index in [-0.39, 0.29) is 24.4 Å². The van der Waals surface area contributed by atoms with Gasteiger partial charge in [-0.3, -0.25) is 9.69 Å². The second-order valence-corrected chi connectivity index (χ2v) is 8.03. The van der Waals surface area contributed by atoms with Crippen molar-refractivity contribution in [2.24, 2.45) is 0 Å². The van der Waals surface area contributed by atoms with Crippen LogP contribution in [0.3, 0.4) is 0 Å². The lowest BCUT2D eigenvalue weighted by atomic mass is 10.0. The molecule has 1 saturated heterocycles. The third-order valence-corrected chi connectivity index (χ3v) is 5.93. The largest absolute Gasteiger partial charge is 0.508 e. The van der Waals surface area contributed by atoms with Crippen LogP contribution in [0.15, 0.2) is 51.7 Å². The van der Waals surface area contributed by atoms with Crippen LogP contribution in [0.1, 0.15) is 34.0 Å². The van der Waals surface area contributed by atoms with E-state index >= 15 is 0 Å². The standard InChI is InChI=1S/C24H23F3N2O4/c1-2-15-11-18-16(12-22(31)33-21(18)13-20(15)30)14-28-7-9-29(10-8-28)23(32)17-5-3-4-6-19(17)24(25,26)27/h3-6,11-13,30H,2,7-10,14H2,1H3. The number of amides is 1. The molecule has 1 amide bonds. The predicted octanol–water partition coefficient (Wildman–Crippen LogP) is 4.04. The van der Waals surface area contributed by atoms with Crippen LogP contribution in [0, 0.1) is 0 Å². The minimum absolute atomic E-state index is 0.0663. The number of hydrogen-bond acceptors (Lipinski definition) is 5. The average molecular weight is 460 g/mol. The minimum atomic E-state index is -4.60. The molecule has 1 aliphatic rings. The van der Waals surface area contributed by atoms with Crippen LogP contribution in [0.4, 0.5) is 13.2 Å². The van der Waals surface area contributed by atoms with E-state index in [1.54, 1.807) is 6.07 Å². The Morgan fingerprint density at radius 3 is 2.42 bits per heavy atom. The third kappa shape index (κ3) is 4.73. The number of aryl methyl sites for hydroxylation is 1. The normalized spacial score (nSPS) is 15.2. The molecule has 1 fully saturated rings. The Balaban J connectivity index is 1.50. The van der Waals surface area contributed by atoms with Crippen LogP contribution in [-0.2, 0) is 19.1 Å². The number of aromatic hydroxyl groups is 1. The Morgan fingerprint density at radius 2 is 1.76 bits per heavy atom. The van der Waals surface area contributed by atoms with Gasteiger partial charge in [0.15, 0.2) is 0 Å². The summed E-state index contributed by atoms with van der Waals surface area (Å²) in [5.74, 6) is -0.576. The Labute approximate surface area is 187 Å². The van der Waals surface area contributed by atoms with Crippen molar-refractivity contribution in [2.75, 3.05) is 26.2 Å². The van der Waals surface area contributed by atoms with Crippen molar-refractivity contribution in [3.05, 3.63) is 75.1 Å². The summed E-state index contributed by atoms with van der Waals surface area (Å²) >= 11 is 0. The molecule has 0 radical (unpaired) electrons. The van der Waals surface area contributed by atoms with Gasteiger partial charge in [-0.2, -0.15) is 13.2 Å². The maximum absolute atomic E-state index is 13.3. The number of halogens is 3. The van der Waals surface area contributed by atoms with Crippen molar-refractivity contribution in [3.8, 4) is 5.75 Å². The Hall–Kier alpha value is -3.33. The summed E-state index contributed by atoms with van der Waals surface area (Å²) in [6, 6.07) is 9.46. The highest BCUT2D eigenvalue weighted by Crippen LogP contribution is 2.33. The minimum Gasteiger partial charge on any atom is -0.508 e. The highest BCUT2D eigenvalue weighted by atomic mass is 19.4. The zero-order valence-corrected chi connectivity index (χ0v) is 18.0.